The fraction of sp³-hybridized carbons (Fsp3) is 0.143. The molecule has 8 nitrogen and oxygen atoms in total. The molecule has 0 amide bonds. The average Bonchev–Trinajstić information content (AvgIpc) is 2.86. The maximum Gasteiger partial charge on any atom is 0.341 e. The fourth-order valence-corrected chi connectivity index (χ4v) is 3.81. The zero-order chi connectivity index (χ0) is 25.7. The molecular weight excluding hydrogens is 462 g/mol. The molecule has 0 saturated heterocycles. The van der Waals surface area contributed by atoms with Crippen molar-refractivity contribution in [1.82, 2.24) is 4.57 Å². The maximum atomic E-state index is 12.9. The molecule has 1 N–H and O–H groups in total. The average molecular weight is 485 g/mol. The van der Waals surface area contributed by atoms with E-state index in [-0.39, 0.29) is 29.7 Å². The summed E-state index contributed by atoms with van der Waals surface area (Å²) in [5.41, 5.74) is 0.650. The summed E-state index contributed by atoms with van der Waals surface area (Å²) in [5.74, 6) is -2.79. The van der Waals surface area contributed by atoms with E-state index in [1.54, 1.807) is 60.0 Å². The number of aryl methyl sites for hydroxylation is 1. The topological polar surface area (TPSA) is 112 Å². The van der Waals surface area contributed by atoms with Crippen LogP contribution in [0.1, 0.15) is 28.4 Å². The van der Waals surface area contributed by atoms with Crippen LogP contribution in [0.2, 0.25) is 0 Å². The lowest BCUT2D eigenvalue weighted by atomic mass is 10.1. The molecule has 0 saturated carbocycles. The number of carbonyl (C=O) groups excluding carboxylic acids is 2. The van der Waals surface area contributed by atoms with Gasteiger partial charge in [-0.3, -0.25) is 14.4 Å². The van der Waals surface area contributed by atoms with Crippen LogP contribution in [0.4, 0.5) is 0 Å². The van der Waals surface area contributed by atoms with E-state index in [1.807, 2.05) is 12.1 Å². The minimum atomic E-state index is -1.37. The molecule has 8 heteroatoms. The zero-order valence-electron chi connectivity index (χ0n) is 19.5. The molecule has 0 radical (unpaired) electrons. The van der Waals surface area contributed by atoms with Crippen molar-refractivity contribution >= 4 is 28.8 Å². The lowest BCUT2D eigenvalue weighted by Gasteiger charge is -2.15. The number of esters is 2. The highest BCUT2D eigenvalue weighted by molar-refractivity contribution is 5.94. The molecule has 1 aromatic heterocycles. The molecule has 36 heavy (non-hydrogen) atoms. The van der Waals surface area contributed by atoms with E-state index in [4.69, 9.17) is 9.47 Å². The summed E-state index contributed by atoms with van der Waals surface area (Å²) in [5, 5.41) is 9.50. The van der Waals surface area contributed by atoms with Crippen molar-refractivity contribution < 1.29 is 29.0 Å². The minimum absolute atomic E-state index is 0.0190. The molecule has 0 fully saturated rings. The van der Waals surface area contributed by atoms with Gasteiger partial charge in [0.25, 0.3) is 0 Å². The molecule has 4 aromatic rings. The molecule has 182 valence electrons. The number of hydrogen-bond acceptors (Lipinski definition) is 6. The third kappa shape index (κ3) is 5.50. The lowest BCUT2D eigenvalue weighted by molar-refractivity contribution is -0.136. The van der Waals surface area contributed by atoms with Gasteiger partial charge in [-0.05, 0) is 24.1 Å². The molecule has 0 aliphatic heterocycles. The number of fused-ring (bicyclic) bond motifs is 1. The van der Waals surface area contributed by atoms with Crippen molar-refractivity contribution in [2.75, 3.05) is 0 Å². The number of rotatable bonds is 8. The van der Waals surface area contributed by atoms with Gasteiger partial charge >= 0.3 is 17.9 Å². The Morgan fingerprint density at radius 2 is 1.31 bits per heavy atom. The number of pyridine rings is 1. The molecular formula is C28H23NO7. The van der Waals surface area contributed by atoms with Crippen molar-refractivity contribution in [2.45, 2.75) is 26.3 Å². The fourth-order valence-electron chi connectivity index (χ4n) is 3.81. The maximum absolute atomic E-state index is 12.9. The number of aromatic nitrogens is 1. The van der Waals surface area contributed by atoms with Crippen LogP contribution in [0.15, 0.2) is 83.8 Å². The van der Waals surface area contributed by atoms with Crippen LogP contribution in [0.25, 0.3) is 10.9 Å². The molecule has 0 atom stereocenters. The van der Waals surface area contributed by atoms with E-state index in [9.17, 15) is 24.3 Å². The standard InChI is InChI=1S/C28H23NO7/c1-2-29-17-21(28(33)34)27(32)20-15-23(35-25(30)13-18-9-5-3-6-10-18)24(16-22(20)29)36-26(31)14-19-11-7-4-8-12-19/h3-12,15-17H,2,13-14H2,1H3,(H,33,34). The van der Waals surface area contributed by atoms with Crippen molar-refractivity contribution in [1.29, 1.82) is 0 Å². The summed E-state index contributed by atoms with van der Waals surface area (Å²) >= 11 is 0. The van der Waals surface area contributed by atoms with Crippen molar-refractivity contribution in [3.05, 3.63) is 106 Å². The van der Waals surface area contributed by atoms with Crippen LogP contribution in [0.5, 0.6) is 11.5 Å². The molecule has 3 aromatic carbocycles. The number of hydrogen-bond donors (Lipinski definition) is 1. The van der Waals surface area contributed by atoms with E-state index in [2.05, 4.69) is 0 Å². The Morgan fingerprint density at radius 3 is 1.78 bits per heavy atom. The molecule has 0 aliphatic rings. The quantitative estimate of drug-likeness (QED) is 0.296. The van der Waals surface area contributed by atoms with Crippen LogP contribution in [-0.4, -0.2) is 27.6 Å². The predicted octanol–water partition coefficient (Wildman–Crippen LogP) is 4.02. The van der Waals surface area contributed by atoms with Crippen molar-refractivity contribution in [3.8, 4) is 11.5 Å². The molecule has 0 aliphatic carbocycles. The third-order valence-corrected chi connectivity index (χ3v) is 5.55. The summed E-state index contributed by atoms with van der Waals surface area (Å²) in [7, 11) is 0. The molecule has 0 spiro atoms. The first-order chi connectivity index (χ1) is 17.4. The smallest absolute Gasteiger partial charge is 0.341 e. The summed E-state index contributed by atoms with van der Waals surface area (Å²) in [4.78, 5) is 49.9. The van der Waals surface area contributed by atoms with Crippen molar-refractivity contribution in [2.24, 2.45) is 0 Å². The second-order valence-corrected chi connectivity index (χ2v) is 8.05. The Kier molecular flexibility index (Phi) is 7.25. The number of nitrogens with zero attached hydrogens (tertiary/aromatic N) is 1. The number of carbonyl (C=O) groups is 3. The highest BCUT2D eigenvalue weighted by atomic mass is 16.6. The number of ether oxygens (including phenoxy) is 2. The van der Waals surface area contributed by atoms with Crippen LogP contribution in [0, 0.1) is 0 Å². The van der Waals surface area contributed by atoms with Crippen LogP contribution < -0.4 is 14.9 Å². The van der Waals surface area contributed by atoms with Crippen LogP contribution in [-0.2, 0) is 29.0 Å². The second-order valence-electron chi connectivity index (χ2n) is 8.05. The van der Waals surface area contributed by atoms with Crippen LogP contribution in [0.3, 0.4) is 0 Å². The van der Waals surface area contributed by atoms with Gasteiger partial charge in [-0.15, -0.1) is 0 Å². The Labute approximate surface area is 206 Å². The third-order valence-electron chi connectivity index (χ3n) is 5.55. The zero-order valence-corrected chi connectivity index (χ0v) is 19.5. The van der Waals surface area contributed by atoms with Gasteiger partial charge in [0.2, 0.25) is 5.43 Å². The minimum Gasteiger partial charge on any atom is -0.477 e. The highest BCUT2D eigenvalue weighted by Crippen LogP contribution is 2.33. The number of carboxylic acid groups (broad SMARTS) is 1. The monoisotopic (exact) mass is 485 g/mol. The molecule has 1 heterocycles. The Hall–Kier alpha value is -4.72. The predicted molar refractivity (Wildman–Crippen MR) is 132 cm³/mol. The van der Waals surface area contributed by atoms with E-state index in [0.717, 1.165) is 5.56 Å². The van der Waals surface area contributed by atoms with Gasteiger partial charge in [0.15, 0.2) is 11.5 Å². The molecule has 4 rings (SSSR count). The molecule has 0 bridgehead atoms. The van der Waals surface area contributed by atoms with Crippen molar-refractivity contribution in [3.63, 3.8) is 0 Å². The van der Waals surface area contributed by atoms with Crippen LogP contribution >= 0.6 is 0 Å². The Bertz CT molecular complexity index is 1490. The van der Waals surface area contributed by atoms with Gasteiger partial charge < -0.3 is 19.1 Å². The number of aromatic carboxylic acids is 1. The van der Waals surface area contributed by atoms with E-state index >= 15 is 0 Å². The summed E-state index contributed by atoms with van der Waals surface area (Å²) in [6.07, 6.45) is 1.17. The normalized spacial score (nSPS) is 10.7. The lowest BCUT2D eigenvalue weighted by Crippen LogP contribution is -2.20. The van der Waals surface area contributed by atoms with Gasteiger partial charge in [-0.1, -0.05) is 60.7 Å². The van der Waals surface area contributed by atoms with Gasteiger partial charge in [0.1, 0.15) is 5.56 Å². The van der Waals surface area contributed by atoms with E-state index < -0.39 is 28.9 Å². The van der Waals surface area contributed by atoms with E-state index in [1.165, 1.54) is 18.3 Å². The first-order valence-corrected chi connectivity index (χ1v) is 11.3. The second kappa shape index (κ2) is 10.7. The Morgan fingerprint density at radius 1 is 0.806 bits per heavy atom. The van der Waals surface area contributed by atoms with Gasteiger partial charge in [-0.25, -0.2) is 4.79 Å². The summed E-state index contributed by atoms with van der Waals surface area (Å²) in [6.45, 7) is 2.13. The summed E-state index contributed by atoms with van der Waals surface area (Å²) < 4.78 is 12.7. The SMILES string of the molecule is CCn1cc(C(=O)O)c(=O)c2cc(OC(=O)Cc3ccccc3)c(OC(=O)Cc3ccccc3)cc21. The summed E-state index contributed by atoms with van der Waals surface area (Å²) in [6, 6.07) is 20.6. The highest BCUT2D eigenvalue weighted by Gasteiger charge is 2.21. The van der Waals surface area contributed by atoms with Gasteiger partial charge in [-0.2, -0.15) is 0 Å². The van der Waals surface area contributed by atoms with E-state index in [0.29, 0.717) is 17.6 Å². The van der Waals surface area contributed by atoms with Gasteiger partial charge in [0, 0.05) is 18.8 Å². The first kappa shape index (κ1) is 24.4. The Balaban J connectivity index is 1.76. The molecule has 0 unspecified atom stereocenters. The number of carboxylic acids is 1. The van der Waals surface area contributed by atoms with Gasteiger partial charge in [0.05, 0.1) is 23.7 Å². The largest absolute Gasteiger partial charge is 0.477 e. The number of benzene rings is 3. The first-order valence-electron chi connectivity index (χ1n) is 11.3.